The average molecular weight is 676 g/mol. The van der Waals surface area contributed by atoms with Crippen molar-refractivity contribution in [3.63, 3.8) is 0 Å². The first-order valence-corrected chi connectivity index (χ1v) is 18.3. The van der Waals surface area contributed by atoms with Gasteiger partial charge in [-0.15, -0.1) is 0 Å². The number of nitrogens with zero attached hydrogens (tertiary/aromatic N) is 1. The average Bonchev–Trinajstić information content (AvgIpc) is 3.71. The maximum atomic E-state index is 6.49. The summed E-state index contributed by atoms with van der Waals surface area (Å²) in [7, 11) is 0. The molecule has 2 nitrogen and oxygen atoms in total. The highest BCUT2D eigenvalue weighted by atomic mass is 16.3. The van der Waals surface area contributed by atoms with E-state index in [1.807, 2.05) is 6.07 Å². The smallest absolute Gasteiger partial charge is 0.137 e. The summed E-state index contributed by atoms with van der Waals surface area (Å²) in [6, 6.07) is 68.3. The third kappa shape index (κ3) is 4.27. The summed E-state index contributed by atoms with van der Waals surface area (Å²) >= 11 is 0. The molecule has 0 atom stereocenters. The first kappa shape index (κ1) is 29.8. The van der Waals surface area contributed by atoms with Crippen LogP contribution in [0.1, 0.15) is 33.4 Å². The van der Waals surface area contributed by atoms with Crippen molar-refractivity contribution in [2.24, 2.45) is 0 Å². The molecule has 8 aromatic carbocycles. The van der Waals surface area contributed by atoms with Crippen LogP contribution in [0.15, 0.2) is 192 Å². The molecule has 0 amide bonds. The Balaban J connectivity index is 1.24. The molecular formula is C51H33NO. The minimum Gasteiger partial charge on any atom is -0.456 e. The molecule has 0 fully saturated rings. The van der Waals surface area contributed by atoms with Gasteiger partial charge in [0.2, 0.25) is 0 Å². The molecule has 0 saturated heterocycles. The Labute approximate surface area is 308 Å². The minimum atomic E-state index is -0.518. The van der Waals surface area contributed by atoms with Crippen molar-refractivity contribution in [1.82, 2.24) is 0 Å². The number of rotatable bonds is 4. The van der Waals surface area contributed by atoms with Crippen LogP contribution in [0.2, 0.25) is 0 Å². The highest BCUT2D eigenvalue weighted by molar-refractivity contribution is 6.14. The maximum Gasteiger partial charge on any atom is 0.137 e. The van der Waals surface area contributed by atoms with Gasteiger partial charge in [0.25, 0.3) is 0 Å². The van der Waals surface area contributed by atoms with Gasteiger partial charge in [0.05, 0.1) is 22.2 Å². The van der Waals surface area contributed by atoms with Gasteiger partial charge < -0.3 is 9.32 Å². The Bertz CT molecular complexity index is 2850. The van der Waals surface area contributed by atoms with Crippen LogP contribution < -0.4 is 4.90 Å². The fourth-order valence-electron chi connectivity index (χ4n) is 9.15. The SMILES string of the molecule is C1=Cc2ccccc2C2(c3ccccc31)c1ccccc1-c1c(N(c3ccc(-c4ccccc4)cc3)c3cccc4oc5ccccc5c34)cccc12. The second kappa shape index (κ2) is 11.6. The summed E-state index contributed by atoms with van der Waals surface area (Å²) in [6.07, 6.45) is 4.58. The lowest BCUT2D eigenvalue weighted by Crippen LogP contribution is -2.30. The van der Waals surface area contributed by atoms with E-state index in [-0.39, 0.29) is 0 Å². The molecule has 0 N–H and O–H groups in total. The fraction of sp³-hybridized carbons (Fsp3) is 0.0196. The molecule has 0 aliphatic heterocycles. The van der Waals surface area contributed by atoms with E-state index >= 15 is 0 Å². The number of hydrogen-bond donors (Lipinski definition) is 0. The van der Waals surface area contributed by atoms with E-state index in [0.29, 0.717) is 0 Å². The third-order valence-electron chi connectivity index (χ3n) is 11.3. The molecule has 248 valence electrons. The third-order valence-corrected chi connectivity index (χ3v) is 11.3. The summed E-state index contributed by atoms with van der Waals surface area (Å²) < 4.78 is 6.49. The number of furan rings is 1. The van der Waals surface area contributed by atoms with Gasteiger partial charge in [-0.3, -0.25) is 0 Å². The molecule has 11 rings (SSSR count). The lowest BCUT2D eigenvalue weighted by atomic mass is 9.66. The Kier molecular flexibility index (Phi) is 6.50. The number of hydrogen-bond acceptors (Lipinski definition) is 2. The molecule has 2 aliphatic carbocycles. The molecule has 2 aliphatic rings. The summed E-state index contributed by atoms with van der Waals surface area (Å²) in [5, 5.41) is 2.20. The van der Waals surface area contributed by atoms with E-state index in [1.54, 1.807) is 0 Å². The Morgan fingerprint density at radius 3 is 1.74 bits per heavy atom. The van der Waals surface area contributed by atoms with Crippen molar-refractivity contribution in [2.75, 3.05) is 4.90 Å². The first-order chi connectivity index (χ1) is 26.3. The van der Waals surface area contributed by atoms with Gasteiger partial charge in [-0.2, -0.15) is 0 Å². The normalized spacial score (nSPS) is 13.4. The fourth-order valence-corrected chi connectivity index (χ4v) is 9.15. The lowest BCUT2D eigenvalue weighted by Gasteiger charge is -2.35. The highest BCUT2D eigenvalue weighted by Gasteiger charge is 2.49. The van der Waals surface area contributed by atoms with E-state index in [0.717, 1.165) is 39.0 Å². The molecule has 2 heteroatoms. The molecule has 53 heavy (non-hydrogen) atoms. The zero-order chi connectivity index (χ0) is 34.9. The van der Waals surface area contributed by atoms with Gasteiger partial charge in [0.15, 0.2) is 0 Å². The second-order valence-corrected chi connectivity index (χ2v) is 14.0. The molecule has 0 bridgehead atoms. The quantitative estimate of drug-likeness (QED) is 0.185. The van der Waals surface area contributed by atoms with Crippen LogP contribution in [0, 0.1) is 0 Å². The van der Waals surface area contributed by atoms with E-state index < -0.39 is 5.41 Å². The van der Waals surface area contributed by atoms with Crippen LogP contribution >= 0.6 is 0 Å². The zero-order valence-electron chi connectivity index (χ0n) is 28.9. The van der Waals surface area contributed by atoms with Gasteiger partial charge >= 0.3 is 0 Å². The number of para-hydroxylation sites is 1. The minimum absolute atomic E-state index is 0.518. The van der Waals surface area contributed by atoms with Crippen molar-refractivity contribution in [2.45, 2.75) is 5.41 Å². The highest BCUT2D eigenvalue weighted by Crippen LogP contribution is 2.61. The van der Waals surface area contributed by atoms with E-state index in [2.05, 4.69) is 199 Å². The molecule has 0 unspecified atom stereocenters. The largest absolute Gasteiger partial charge is 0.456 e. The Morgan fingerprint density at radius 2 is 0.962 bits per heavy atom. The van der Waals surface area contributed by atoms with Crippen molar-refractivity contribution in [3.8, 4) is 22.3 Å². The topological polar surface area (TPSA) is 16.4 Å². The monoisotopic (exact) mass is 675 g/mol. The summed E-state index contributed by atoms with van der Waals surface area (Å²) in [5.74, 6) is 0. The number of anilines is 3. The van der Waals surface area contributed by atoms with E-state index in [1.165, 1.54) is 55.6 Å². The Morgan fingerprint density at radius 1 is 0.396 bits per heavy atom. The van der Waals surface area contributed by atoms with Crippen LogP contribution in [0.3, 0.4) is 0 Å². The van der Waals surface area contributed by atoms with Gasteiger partial charge in [-0.25, -0.2) is 0 Å². The standard InChI is InChI=1S/C51H33NO/c1-2-14-34(15-3-1)35-30-32-38(33-31-35)52(46-25-13-27-48-50(46)40-19-7-11-26-47(40)53-48)45-24-12-23-44-49(45)39-18-6-10-22-43(39)51(44)41-20-8-4-16-36(41)28-29-37-17-5-9-21-42(37)51/h1-33H. The lowest BCUT2D eigenvalue weighted by molar-refractivity contribution is 0.669. The Hall–Kier alpha value is -6.90. The zero-order valence-corrected chi connectivity index (χ0v) is 28.9. The van der Waals surface area contributed by atoms with Crippen LogP contribution in [-0.4, -0.2) is 0 Å². The molecule has 1 heterocycles. The molecule has 0 radical (unpaired) electrons. The van der Waals surface area contributed by atoms with Gasteiger partial charge in [0.1, 0.15) is 11.2 Å². The van der Waals surface area contributed by atoms with Gasteiger partial charge in [-0.1, -0.05) is 164 Å². The van der Waals surface area contributed by atoms with Gasteiger partial charge in [0, 0.05) is 16.6 Å². The van der Waals surface area contributed by atoms with Crippen LogP contribution in [0.5, 0.6) is 0 Å². The van der Waals surface area contributed by atoms with Crippen molar-refractivity contribution in [1.29, 1.82) is 0 Å². The van der Waals surface area contributed by atoms with Crippen LogP contribution in [0.25, 0.3) is 56.3 Å². The summed E-state index contributed by atoms with van der Waals surface area (Å²) in [5.41, 5.74) is 17.1. The number of benzene rings is 8. The van der Waals surface area contributed by atoms with Crippen LogP contribution in [0.4, 0.5) is 17.1 Å². The van der Waals surface area contributed by atoms with Crippen LogP contribution in [-0.2, 0) is 5.41 Å². The van der Waals surface area contributed by atoms with E-state index in [9.17, 15) is 0 Å². The van der Waals surface area contributed by atoms with Crippen molar-refractivity contribution in [3.05, 3.63) is 221 Å². The summed E-state index contributed by atoms with van der Waals surface area (Å²) in [6.45, 7) is 0. The van der Waals surface area contributed by atoms with E-state index in [4.69, 9.17) is 4.42 Å². The first-order valence-electron chi connectivity index (χ1n) is 18.3. The predicted octanol–water partition coefficient (Wildman–Crippen LogP) is 13.6. The predicted molar refractivity (Wildman–Crippen MR) is 220 cm³/mol. The molecule has 1 aromatic heterocycles. The maximum absolute atomic E-state index is 6.49. The molecule has 0 saturated carbocycles. The number of fused-ring (bicyclic) bond motifs is 12. The van der Waals surface area contributed by atoms with Crippen molar-refractivity contribution < 1.29 is 4.42 Å². The molecule has 1 spiro atoms. The second-order valence-electron chi connectivity index (χ2n) is 14.0. The van der Waals surface area contributed by atoms with Crippen molar-refractivity contribution >= 4 is 51.2 Å². The molecular weight excluding hydrogens is 643 g/mol. The molecule has 9 aromatic rings. The van der Waals surface area contributed by atoms with Gasteiger partial charge in [-0.05, 0) is 86.5 Å². The summed E-state index contributed by atoms with van der Waals surface area (Å²) in [4.78, 5) is 2.46.